The summed E-state index contributed by atoms with van der Waals surface area (Å²) >= 11 is 0. The third kappa shape index (κ3) is 5.42. The molecule has 2 aromatic carbocycles. The van der Waals surface area contributed by atoms with E-state index in [-0.39, 0.29) is 18.9 Å². The minimum atomic E-state index is -3.49. The molecule has 7 nitrogen and oxygen atoms in total. The van der Waals surface area contributed by atoms with E-state index in [1.165, 1.54) is 10.4 Å². The van der Waals surface area contributed by atoms with Crippen molar-refractivity contribution in [2.75, 3.05) is 50.0 Å². The molecule has 0 radical (unpaired) electrons. The van der Waals surface area contributed by atoms with Gasteiger partial charge in [-0.05, 0) is 87.2 Å². The number of benzene rings is 2. The number of aromatic nitrogens is 1. The fraction of sp³-hybridized carbons (Fsp3) is 0.444. The number of pyridine rings is 1. The van der Waals surface area contributed by atoms with E-state index in [0.29, 0.717) is 24.6 Å². The number of sulfonamides is 1. The van der Waals surface area contributed by atoms with Gasteiger partial charge in [0.2, 0.25) is 10.0 Å². The molecular formula is C27H32FN3O4S. The van der Waals surface area contributed by atoms with Gasteiger partial charge in [-0.1, -0.05) is 6.07 Å². The van der Waals surface area contributed by atoms with Crippen LogP contribution in [-0.4, -0.2) is 64.0 Å². The second kappa shape index (κ2) is 10.2. The molecule has 0 aliphatic carbocycles. The van der Waals surface area contributed by atoms with Crippen molar-refractivity contribution < 1.29 is 22.3 Å². The Morgan fingerprint density at radius 2 is 1.94 bits per heavy atom. The lowest BCUT2D eigenvalue weighted by molar-refractivity contribution is 0.155. The maximum Gasteiger partial charge on any atom is 0.232 e. The first-order chi connectivity index (χ1) is 17.3. The molecule has 0 spiro atoms. The maximum atomic E-state index is 14.7. The van der Waals surface area contributed by atoms with E-state index in [1.807, 2.05) is 31.2 Å². The third-order valence-corrected chi connectivity index (χ3v) is 8.20. The Bertz CT molecular complexity index is 1360. The summed E-state index contributed by atoms with van der Waals surface area (Å²) in [5.74, 6) is 0.811. The number of anilines is 1. The number of rotatable bonds is 7. The standard InChI is InChI=1S/C27H32FN3O4S/c1-19-6-7-22-24(29-19)4-3-5-26(22)34-14-12-30-10-8-20(9-11-30)16-21-17-23(28)27-25(18-21)31(13-15-35-27)36(2,32)33/h3-7,17-18,20H,8-16H2,1-2H3. The van der Waals surface area contributed by atoms with Gasteiger partial charge in [0.1, 0.15) is 19.0 Å². The Morgan fingerprint density at radius 1 is 1.14 bits per heavy atom. The molecule has 9 heteroatoms. The van der Waals surface area contributed by atoms with Gasteiger partial charge in [-0.25, -0.2) is 12.8 Å². The summed E-state index contributed by atoms with van der Waals surface area (Å²) in [4.78, 5) is 6.97. The van der Waals surface area contributed by atoms with Crippen molar-refractivity contribution in [3.63, 3.8) is 0 Å². The number of likely N-dealkylation sites (tertiary alicyclic amines) is 1. The van der Waals surface area contributed by atoms with Crippen molar-refractivity contribution in [1.29, 1.82) is 0 Å². The minimum absolute atomic E-state index is 0.0300. The van der Waals surface area contributed by atoms with Gasteiger partial charge in [-0.15, -0.1) is 0 Å². The molecule has 2 aliphatic heterocycles. The van der Waals surface area contributed by atoms with Crippen molar-refractivity contribution in [3.8, 4) is 11.5 Å². The number of ether oxygens (including phenoxy) is 2. The van der Waals surface area contributed by atoms with E-state index in [2.05, 4.69) is 16.0 Å². The number of hydrogen-bond donors (Lipinski definition) is 0. The highest BCUT2D eigenvalue weighted by atomic mass is 32.2. The predicted octanol–water partition coefficient (Wildman–Crippen LogP) is 4.17. The van der Waals surface area contributed by atoms with Crippen LogP contribution in [0.2, 0.25) is 0 Å². The second-order valence-corrected chi connectivity index (χ2v) is 11.6. The van der Waals surface area contributed by atoms with Crippen molar-refractivity contribution in [2.24, 2.45) is 5.92 Å². The highest BCUT2D eigenvalue weighted by Crippen LogP contribution is 2.37. The van der Waals surface area contributed by atoms with Crippen LogP contribution in [0.1, 0.15) is 24.1 Å². The van der Waals surface area contributed by atoms with Gasteiger partial charge in [-0.2, -0.15) is 0 Å². The molecule has 0 amide bonds. The van der Waals surface area contributed by atoms with Crippen LogP contribution >= 0.6 is 0 Å². The van der Waals surface area contributed by atoms with Crippen LogP contribution in [0.15, 0.2) is 42.5 Å². The van der Waals surface area contributed by atoms with Crippen LogP contribution < -0.4 is 13.8 Å². The zero-order valence-electron chi connectivity index (χ0n) is 20.7. The smallest absolute Gasteiger partial charge is 0.232 e. The fourth-order valence-electron chi connectivity index (χ4n) is 5.16. The maximum absolute atomic E-state index is 14.7. The van der Waals surface area contributed by atoms with Crippen molar-refractivity contribution in [1.82, 2.24) is 9.88 Å². The second-order valence-electron chi connectivity index (χ2n) is 9.72. The first-order valence-corrected chi connectivity index (χ1v) is 14.3. The third-order valence-electron chi connectivity index (χ3n) is 7.02. The molecule has 0 unspecified atom stereocenters. The van der Waals surface area contributed by atoms with E-state index in [0.717, 1.165) is 66.6 Å². The summed E-state index contributed by atoms with van der Waals surface area (Å²) in [6.07, 6.45) is 3.86. The molecule has 3 heterocycles. The predicted molar refractivity (Wildman–Crippen MR) is 139 cm³/mol. The molecule has 0 bridgehead atoms. The quantitative estimate of drug-likeness (QED) is 0.472. The normalized spacial score (nSPS) is 17.1. The Hall–Kier alpha value is -2.91. The van der Waals surface area contributed by atoms with Gasteiger partial charge < -0.3 is 9.47 Å². The molecule has 1 saturated heterocycles. The molecule has 5 rings (SSSR count). The Balaban J connectivity index is 1.15. The average Bonchev–Trinajstić information content (AvgIpc) is 2.84. The first kappa shape index (κ1) is 24.8. The van der Waals surface area contributed by atoms with Gasteiger partial charge in [0.05, 0.1) is 24.0 Å². The number of nitrogens with zero attached hydrogens (tertiary/aromatic N) is 3. The van der Waals surface area contributed by atoms with E-state index in [1.54, 1.807) is 6.07 Å². The lowest BCUT2D eigenvalue weighted by atomic mass is 9.90. The highest BCUT2D eigenvalue weighted by molar-refractivity contribution is 7.92. The topological polar surface area (TPSA) is 72.0 Å². The van der Waals surface area contributed by atoms with E-state index < -0.39 is 15.8 Å². The van der Waals surface area contributed by atoms with Crippen LogP contribution in [0.25, 0.3) is 10.9 Å². The number of aryl methyl sites for hydroxylation is 1. The number of halogens is 1. The molecule has 0 saturated carbocycles. The molecule has 192 valence electrons. The fourth-order valence-corrected chi connectivity index (χ4v) is 6.06. The van der Waals surface area contributed by atoms with Crippen LogP contribution in [-0.2, 0) is 16.4 Å². The van der Waals surface area contributed by atoms with Crippen molar-refractivity contribution >= 4 is 26.6 Å². The van der Waals surface area contributed by atoms with E-state index in [4.69, 9.17) is 9.47 Å². The summed E-state index contributed by atoms with van der Waals surface area (Å²) in [7, 11) is -3.49. The van der Waals surface area contributed by atoms with Crippen LogP contribution in [0.5, 0.6) is 11.5 Å². The van der Waals surface area contributed by atoms with Gasteiger partial charge in [0, 0.05) is 17.6 Å². The lowest BCUT2D eigenvalue weighted by Crippen LogP contribution is -2.38. The lowest BCUT2D eigenvalue weighted by Gasteiger charge is -2.33. The SMILES string of the molecule is Cc1ccc2c(OCCN3CCC(Cc4cc(F)c5c(c4)N(S(C)(=O)=O)CCO5)CC3)cccc2n1. The van der Waals surface area contributed by atoms with Gasteiger partial charge in [0.15, 0.2) is 11.6 Å². The van der Waals surface area contributed by atoms with Gasteiger partial charge >= 0.3 is 0 Å². The summed E-state index contributed by atoms with van der Waals surface area (Å²) in [6.45, 7) is 5.69. The molecule has 36 heavy (non-hydrogen) atoms. The molecular weight excluding hydrogens is 481 g/mol. The van der Waals surface area contributed by atoms with E-state index >= 15 is 0 Å². The molecule has 0 atom stereocenters. The Labute approximate surface area is 211 Å². The average molecular weight is 514 g/mol. The minimum Gasteiger partial charge on any atom is -0.492 e. The van der Waals surface area contributed by atoms with Crippen molar-refractivity contribution in [2.45, 2.75) is 26.2 Å². The summed E-state index contributed by atoms with van der Waals surface area (Å²) < 4.78 is 51.9. The molecule has 3 aromatic rings. The van der Waals surface area contributed by atoms with Crippen LogP contribution in [0, 0.1) is 18.7 Å². The van der Waals surface area contributed by atoms with Crippen LogP contribution in [0.3, 0.4) is 0 Å². The highest BCUT2D eigenvalue weighted by Gasteiger charge is 2.29. The largest absolute Gasteiger partial charge is 0.492 e. The van der Waals surface area contributed by atoms with Gasteiger partial charge in [-0.3, -0.25) is 14.2 Å². The summed E-state index contributed by atoms with van der Waals surface area (Å²) in [5, 5.41) is 1.03. The monoisotopic (exact) mass is 513 g/mol. The van der Waals surface area contributed by atoms with E-state index in [9.17, 15) is 12.8 Å². The first-order valence-electron chi connectivity index (χ1n) is 12.4. The zero-order chi connectivity index (χ0) is 25.3. The Kier molecular flexibility index (Phi) is 7.03. The molecule has 1 aromatic heterocycles. The number of hydrogen-bond acceptors (Lipinski definition) is 6. The summed E-state index contributed by atoms with van der Waals surface area (Å²) in [6, 6.07) is 13.3. The molecule has 2 aliphatic rings. The number of fused-ring (bicyclic) bond motifs is 2. The van der Waals surface area contributed by atoms with Crippen LogP contribution in [0.4, 0.5) is 10.1 Å². The summed E-state index contributed by atoms with van der Waals surface area (Å²) in [5.41, 5.74) is 3.05. The zero-order valence-corrected chi connectivity index (χ0v) is 21.6. The number of piperidine rings is 1. The molecule has 0 N–H and O–H groups in total. The molecule has 1 fully saturated rings. The Morgan fingerprint density at radius 3 is 2.72 bits per heavy atom. The van der Waals surface area contributed by atoms with Crippen molar-refractivity contribution in [3.05, 3.63) is 59.5 Å². The van der Waals surface area contributed by atoms with Gasteiger partial charge in [0.25, 0.3) is 0 Å².